The summed E-state index contributed by atoms with van der Waals surface area (Å²) in [4.78, 5) is 22.2. The fourth-order valence-corrected chi connectivity index (χ4v) is 2.19. The molecule has 0 radical (unpaired) electrons. The van der Waals surface area contributed by atoms with E-state index in [9.17, 15) is 20.0 Å². The summed E-state index contributed by atoms with van der Waals surface area (Å²) in [6, 6.07) is 2.48. The number of aryl methyl sites for hydroxylation is 1. The molecule has 7 nitrogen and oxygen atoms in total. The minimum absolute atomic E-state index is 0.230. The minimum Gasteiger partial charge on any atom is -0.502 e. The van der Waals surface area contributed by atoms with Crippen LogP contribution in [0.1, 0.15) is 23.0 Å². The first-order valence-electron chi connectivity index (χ1n) is 6.02. The number of esters is 1. The Morgan fingerprint density at radius 2 is 2.15 bits per heavy atom. The lowest BCUT2D eigenvalue weighted by atomic mass is 10.1. The van der Waals surface area contributed by atoms with E-state index in [4.69, 9.17) is 4.74 Å². The Balaban J connectivity index is 2.78. The van der Waals surface area contributed by atoms with Crippen LogP contribution < -0.4 is 0 Å². The van der Waals surface area contributed by atoms with Crippen molar-refractivity contribution < 1.29 is 19.6 Å². The van der Waals surface area contributed by atoms with Gasteiger partial charge in [-0.25, -0.2) is 4.79 Å². The minimum atomic E-state index is -0.666. The van der Waals surface area contributed by atoms with E-state index in [-0.39, 0.29) is 6.61 Å². The average Bonchev–Trinajstić information content (AvgIpc) is 2.60. The van der Waals surface area contributed by atoms with Crippen molar-refractivity contribution in [2.24, 2.45) is 7.05 Å². The zero-order valence-corrected chi connectivity index (χ0v) is 11.3. The fraction of sp³-hybridized carbons (Fsp3) is 0.308. The molecule has 0 spiro atoms. The van der Waals surface area contributed by atoms with Crippen molar-refractivity contribution in [2.75, 3.05) is 6.61 Å². The Morgan fingerprint density at radius 3 is 2.70 bits per heavy atom. The molecular weight excluding hydrogens is 264 g/mol. The van der Waals surface area contributed by atoms with Gasteiger partial charge in [-0.1, -0.05) is 0 Å². The second-order valence-electron chi connectivity index (χ2n) is 4.36. The highest BCUT2D eigenvalue weighted by Gasteiger charge is 2.24. The monoisotopic (exact) mass is 278 g/mol. The van der Waals surface area contributed by atoms with E-state index in [1.807, 2.05) is 0 Å². The summed E-state index contributed by atoms with van der Waals surface area (Å²) >= 11 is 0. The highest BCUT2D eigenvalue weighted by Crippen LogP contribution is 2.35. The summed E-state index contributed by atoms with van der Waals surface area (Å²) in [5, 5.41) is 21.0. The molecule has 0 saturated carbocycles. The number of nitro benzene ring substituents is 1. The molecule has 0 aliphatic rings. The maximum absolute atomic E-state index is 12.0. The first kappa shape index (κ1) is 13.9. The molecule has 1 heterocycles. The third-order valence-electron chi connectivity index (χ3n) is 3.26. The molecule has 2 aromatic rings. The van der Waals surface area contributed by atoms with Crippen molar-refractivity contribution >= 4 is 22.6 Å². The Bertz CT molecular complexity index is 717. The van der Waals surface area contributed by atoms with Gasteiger partial charge < -0.3 is 14.4 Å². The molecule has 0 aliphatic heterocycles. The molecule has 7 heteroatoms. The molecule has 2 rings (SSSR count). The molecule has 0 atom stereocenters. The van der Waals surface area contributed by atoms with Gasteiger partial charge in [-0.2, -0.15) is 0 Å². The molecule has 106 valence electrons. The second-order valence-corrected chi connectivity index (χ2v) is 4.36. The summed E-state index contributed by atoms with van der Waals surface area (Å²) in [5.74, 6) is -0.984. The van der Waals surface area contributed by atoms with Crippen molar-refractivity contribution in [3.05, 3.63) is 33.5 Å². The predicted molar refractivity (Wildman–Crippen MR) is 71.9 cm³/mol. The molecule has 0 bridgehead atoms. The third kappa shape index (κ3) is 1.97. The van der Waals surface area contributed by atoms with Gasteiger partial charge in [-0.05, 0) is 19.9 Å². The standard InChI is InChI=1S/C13H14N2O5/c1-4-20-13(17)12-7(2)14(3)9-6-10(15(18)19)11(16)5-8(9)12/h5-6,16H,4H2,1-3H3. The van der Waals surface area contributed by atoms with Gasteiger partial charge in [0.05, 0.1) is 22.6 Å². The van der Waals surface area contributed by atoms with Gasteiger partial charge in [0.1, 0.15) is 0 Å². The number of fused-ring (bicyclic) bond motifs is 1. The fourth-order valence-electron chi connectivity index (χ4n) is 2.19. The van der Waals surface area contributed by atoms with E-state index in [1.54, 1.807) is 25.5 Å². The molecule has 0 aliphatic carbocycles. The first-order chi connectivity index (χ1) is 9.38. The Labute approximate surface area is 114 Å². The molecule has 1 aromatic heterocycles. The van der Waals surface area contributed by atoms with Crippen LogP contribution in [0.15, 0.2) is 12.1 Å². The molecule has 0 fully saturated rings. The number of benzene rings is 1. The first-order valence-corrected chi connectivity index (χ1v) is 6.02. The van der Waals surface area contributed by atoms with E-state index in [0.29, 0.717) is 22.2 Å². The lowest BCUT2D eigenvalue weighted by molar-refractivity contribution is -0.385. The molecule has 0 saturated heterocycles. The molecule has 20 heavy (non-hydrogen) atoms. The van der Waals surface area contributed by atoms with Gasteiger partial charge in [-0.3, -0.25) is 10.1 Å². The van der Waals surface area contributed by atoms with Crippen LogP contribution in [0.25, 0.3) is 10.9 Å². The van der Waals surface area contributed by atoms with Crippen molar-refractivity contribution in [3.8, 4) is 5.75 Å². The van der Waals surface area contributed by atoms with Gasteiger partial charge in [0, 0.05) is 24.2 Å². The topological polar surface area (TPSA) is 94.6 Å². The lowest BCUT2D eigenvalue weighted by Crippen LogP contribution is -2.06. The van der Waals surface area contributed by atoms with E-state index in [1.165, 1.54) is 12.1 Å². The summed E-state index contributed by atoms with van der Waals surface area (Å²) < 4.78 is 6.64. The average molecular weight is 278 g/mol. The number of ether oxygens (including phenoxy) is 1. The number of nitro groups is 1. The largest absolute Gasteiger partial charge is 0.502 e. The van der Waals surface area contributed by atoms with Crippen LogP contribution in [0.4, 0.5) is 5.69 Å². The number of phenols is 1. The lowest BCUT2D eigenvalue weighted by Gasteiger charge is -2.02. The Kier molecular flexibility index (Phi) is 3.35. The van der Waals surface area contributed by atoms with Crippen LogP contribution in [0, 0.1) is 17.0 Å². The van der Waals surface area contributed by atoms with Gasteiger partial charge in [0.15, 0.2) is 5.75 Å². The predicted octanol–water partition coefficient (Wildman–Crippen LogP) is 2.28. The van der Waals surface area contributed by atoms with Gasteiger partial charge in [-0.15, -0.1) is 0 Å². The van der Waals surface area contributed by atoms with E-state index in [0.717, 1.165) is 0 Å². The maximum atomic E-state index is 12.0. The van der Waals surface area contributed by atoms with Gasteiger partial charge in [0.2, 0.25) is 0 Å². The molecule has 0 amide bonds. The number of hydrogen-bond donors (Lipinski definition) is 1. The number of rotatable bonds is 3. The van der Waals surface area contributed by atoms with Crippen LogP contribution >= 0.6 is 0 Å². The Morgan fingerprint density at radius 1 is 1.50 bits per heavy atom. The smallest absolute Gasteiger partial charge is 0.340 e. The quantitative estimate of drug-likeness (QED) is 0.528. The van der Waals surface area contributed by atoms with Crippen LogP contribution in [-0.2, 0) is 11.8 Å². The number of aromatic hydroxyl groups is 1. The van der Waals surface area contributed by atoms with Crippen molar-refractivity contribution in [1.82, 2.24) is 4.57 Å². The summed E-state index contributed by atoms with van der Waals surface area (Å²) in [6.07, 6.45) is 0. The number of nitrogens with zero attached hydrogens (tertiary/aromatic N) is 2. The van der Waals surface area contributed by atoms with Crippen molar-refractivity contribution in [3.63, 3.8) is 0 Å². The number of hydrogen-bond acceptors (Lipinski definition) is 5. The zero-order valence-electron chi connectivity index (χ0n) is 11.3. The number of carbonyl (C=O) groups excluding carboxylic acids is 1. The Hall–Kier alpha value is -2.57. The van der Waals surface area contributed by atoms with Gasteiger partial charge in [0.25, 0.3) is 0 Å². The summed E-state index contributed by atoms with van der Waals surface area (Å²) in [5.41, 5.74) is 1.04. The number of carbonyl (C=O) groups is 1. The van der Waals surface area contributed by atoms with E-state index in [2.05, 4.69) is 0 Å². The summed E-state index contributed by atoms with van der Waals surface area (Å²) in [7, 11) is 1.70. The normalized spacial score (nSPS) is 10.8. The zero-order chi connectivity index (χ0) is 15.0. The highest BCUT2D eigenvalue weighted by molar-refractivity contribution is 6.07. The van der Waals surface area contributed by atoms with Crippen molar-refractivity contribution in [2.45, 2.75) is 13.8 Å². The van der Waals surface area contributed by atoms with E-state index >= 15 is 0 Å². The molecule has 1 aromatic carbocycles. The molecular formula is C13H14N2O5. The molecule has 0 unspecified atom stereocenters. The number of phenolic OH excluding ortho intramolecular Hbond substituents is 1. The number of aromatic nitrogens is 1. The van der Waals surface area contributed by atoms with Crippen molar-refractivity contribution in [1.29, 1.82) is 0 Å². The van der Waals surface area contributed by atoms with Crippen LogP contribution in [0.3, 0.4) is 0 Å². The van der Waals surface area contributed by atoms with Crippen LogP contribution in [0.5, 0.6) is 5.75 Å². The second kappa shape index (κ2) is 4.84. The van der Waals surface area contributed by atoms with Crippen LogP contribution in [-0.4, -0.2) is 27.2 Å². The summed E-state index contributed by atoms with van der Waals surface area (Å²) in [6.45, 7) is 3.64. The SMILES string of the molecule is CCOC(=O)c1c(C)n(C)c2cc([N+](=O)[O-])c(O)cc12. The third-order valence-corrected chi connectivity index (χ3v) is 3.26. The van der Waals surface area contributed by atoms with E-state index < -0.39 is 22.3 Å². The highest BCUT2D eigenvalue weighted by atomic mass is 16.6. The van der Waals surface area contributed by atoms with Crippen LogP contribution in [0.2, 0.25) is 0 Å². The molecule has 1 N–H and O–H groups in total. The maximum Gasteiger partial charge on any atom is 0.340 e. The van der Waals surface area contributed by atoms with Gasteiger partial charge >= 0.3 is 11.7 Å².